The predicted octanol–water partition coefficient (Wildman–Crippen LogP) is 4.08. The van der Waals surface area contributed by atoms with Crippen molar-refractivity contribution in [3.8, 4) is 0 Å². The van der Waals surface area contributed by atoms with Gasteiger partial charge in [-0.1, -0.05) is 29.3 Å². The molecule has 0 fully saturated rings. The zero-order valence-corrected chi connectivity index (χ0v) is 11.9. The summed E-state index contributed by atoms with van der Waals surface area (Å²) in [5.41, 5.74) is -0.428. The summed E-state index contributed by atoms with van der Waals surface area (Å²) in [4.78, 5) is 23.2. The SMILES string of the molecule is O=C(Nc1c(Cl)ccc(Cl)c1C(=O)O)c1cccc(F)c1. The molecule has 2 aromatic carbocycles. The number of anilines is 1. The molecule has 108 valence electrons. The average Bonchev–Trinajstić information content (AvgIpc) is 2.42. The summed E-state index contributed by atoms with van der Waals surface area (Å²) < 4.78 is 13.1. The van der Waals surface area contributed by atoms with Crippen molar-refractivity contribution < 1.29 is 19.1 Å². The molecule has 21 heavy (non-hydrogen) atoms. The number of rotatable bonds is 3. The van der Waals surface area contributed by atoms with Gasteiger partial charge < -0.3 is 10.4 Å². The summed E-state index contributed by atoms with van der Waals surface area (Å²) in [5, 5.41) is 11.4. The van der Waals surface area contributed by atoms with Gasteiger partial charge in [-0.05, 0) is 30.3 Å². The Balaban J connectivity index is 2.42. The van der Waals surface area contributed by atoms with Crippen molar-refractivity contribution in [3.63, 3.8) is 0 Å². The number of carboxylic acids is 1. The highest BCUT2D eigenvalue weighted by atomic mass is 35.5. The maximum absolute atomic E-state index is 13.1. The van der Waals surface area contributed by atoms with E-state index in [1.807, 2.05) is 0 Å². The molecule has 0 aromatic heterocycles. The summed E-state index contributed by atoms with van der Waals surface area (Å²) in [6.45, 7) is 0. The quantitative estimate of drug-likeness (QED) is 0.892. The lowest BCUT2D eigenvalue weighted by molar-refractivity contribution is 0.0698. The van der Waals surface area contributed by atoms with E-state index >= 15 is 0 Å². The van der Waals surface area contributed by atoms with Crippen LogP contribution in [0.25, 0.3) is 0 Å². The second-order valence-corrected chi connectivity index (χ2v) is 4.86. The third-order valence-electron chi connectivity index (χ3n) is 2.64. The van der Waals surface area contributed by atoms with Crippen LogP contribution in [0.5, 0.6) is 0 Å². The van der Waals surface area contributed by atoms with Crippen molar-refractivity contribution in [1.82, 2.24) is 0 Å². The number of carbonyl (C=O) groups is 2. The third kappa shape index (κ3) is 3.32. The number of hydrogen-bond acceptors (Lipinski definition) is 2. The molecule has 0 unspecified atom stereocenters. The van der Waals surface area contributed by atoms with Crippen molar-refractivity contribution in [2.75, 3.05) is 5.32 Å². The second-order valence-electron chi connectivity index (χ2n) is 4.05. The fraction of sp³-hybridized carbons (Fsp3) is 0. The van der Waals surface area contributed by atoms with Crippen LogP contribution in [-0.4, -0.2) is 17.0 Å². The molecule has 2 aromatic rings. The van der Waals surface area contributed by atoms with Gasteiger partial charge in [0.15, 0.2) is 0 Å². The number of nitrogens with one attached hydrogen (secondary N) is 1. The second kappa shape index (κ2) is 6.11. The molecular formula is C14H8Cl2FNO3. The van der Waals surface area contributed by atoms with Crippen LogP contribution in [0.1, 0.15) is 20.7 Å². The first-order chi connectivity index (χ1) is 9.90. The predicted molar refractivity (Wildman–Crippen MR) is 77.8 cm³/mol. The molecule has 0 saturated carbocycles. The number of halogens is 3. The molecule has 1 amide bonds. The summed E-state index contributed by atoms with van der Waals surface area (Å²) in [6.07, 6.45) is 0. The fourth-order valence-electron chi connectivity index (χ4n) is 1.70. The summed E-state index contributed by atoms with van der Waals surface area (Å²) in [5.74, 6) is -2.61. The van der Waals surface area contributed by atoms with Crippen LogP contribution in [-0.2, 0) is 0 Å². The van der Waals surface area contributed by atoms with Gasteiger partial charge in [0.05, 0.1) is 15.7 Å². The Morgan fingerprint density at radius 2 is 1.76 bits per heavy atom. The number of hydrogen-bond donors (Lipinski definition) is 2. The van der Waals surface area contributed by atoms with Crippen LogP contribution in [0, 0.1) is 5.82 Å². The van der Waals surface area contributed by atoms with E-state index in [0.717, 1.165) is 6.07 Å². The van der Waals surface area contributed by atoms with Crippen LogP contribution in [0.2, 0.25) is 10.0 Å². The fourth-order valence-corrected chi connectivity index (χ4v) is 2.14. The Morgan fingerprint density at radius 3 is 2.38 bits per heavy atom. The Kier molecular flexibility index (Phi) is 4.45. The van der Waals surface area contributed by atoms with Crippen molar-refractivity contribution >= 4 is 40.8 Å². The Bertz CT molecular complexity index is 734. The molecule has 0 bridgehead atoms. The van der Waals surface area contributed by atoms with Crippen molar-refractivity contribution in [3.05, 3.63) is 63.4 Å². The van der Waals surface area contributed by atoms with Gasteiger partial charge in [-0.3, -0.25) is 4.79 Å². The summed E-state index contributed by atoms with van der Waals surface area (Å²) >= 11 is 11.7. The Labute approximate surface area is 129 Å². The summed E-state index contributed by atoms with van der Waals surface area (Å²) in [7, 11) is 0. The van der Waals surface area contributed by atoms with Crippen LogP contribution in [0.4, 0.5) is 10.1 Å². The largest absolute Gasteiger partial charge is 0.478 e. The van der Waals surface area contributed by atoms with Gasteiger partial charge in [-0.15, -0.1) is 0 Å². The highest BCUT2D eigenvalue weighted by molar-refractivity contribution is 6.38. The van der Waals surface area contributed by atoms with Gasteiger partial charge in [0.2, 0.25) is 0 Å². The van der Waals surface area contributed by atoms with E-state index in [9.17, 15) is 14.0 Å². The van der Waals surface area contributed by atoms with Crippen molar-refractivity contribution in [2.24, 2.45) is 0 Å². The first kappa shape index (κ1) is 15.3. The van der Waals surface area contributed by atoms with Crippen molar-refractivity contribution in [1.29, 1.82) is 0 Å². The first-order valence-corrected chi connectivity index (χ1v) is 6.44. The number of amides is 1. The lowest BCUT2D eigenvalue weighted by Crippen LogP contribution is -2.15. The summed E-state index contributed by atoms with van der Waals surface area (Å²) in [6, 6.07) is 7.63. The lowest BCUT2D eigenvalue weighted by atomic mass is 10.1. The minimum atomic E-state index is -1.34. The topological polar surface area (TPSA) is 66.4 Å². The zero-order valence-electron chi connectivity index (χ0n) is 10.4. The highest BCUT2D eigenvalue weighted by Crippen LogP contribution is 2.32. The molecule has 0 atom stereocenters. The van der Waals surface area contributed by atoms with Crippen LogP contribution < -0.4 is 5.32 Å². The van der Waals surface area contributed by atoms with E-state index in [1.54, 1.807) is 0 Å². The van der Waals surface area contributed by atoms with Crippen LogP contribution in [0.15, 0.2) is 36.4 Å². The minimum Gasteiger partial charge on any atom is -0.478 e. The van der Waals surface area contributed by atoms with Gasteiger partial charge in [0.25, 0.3) is 5.91 Å². The van der Waals surface area contributed by atoms with Gasteiger partial charge in [0, 0.05) is 5.56 Å². The molecule has 0 aliphatic rings. The molecule has 2 N–H and O–H groups in total. The molecular weight excluding hydrogens is 320 g/mol. The van der Waals surface area contributed by atoms with Crippen molar-refractivity contribution in [2.45, 2.75) is 0 Å². The maximum atomic E-state index is 13.1. The van der Waals surface area contributed by atoms with E-state index in [4.69, 9.17) is 28.3 Å². The van der Waals surface area contributed by atoms with Gasteiger partial charge in [-0.2, -0.15) is 0 Å². The monoisotopic (exact) mass is 327 g/mol. The van der Waals surface area contributed by atoms with E-state index in [-0.39, 0.29) is 26.9 Å². The number of benzene rings is 2. The van der Waals surface area contributed by atoms with E-state index in [2.05, 4.69) is 5.32 Å². The highest BCUT2D eigenvalue weighted by Gasteiger charge is 2.20. The number of aromatic carboxylic acids is 1. The van der Waals surface area contributed by atoms with Gasteiger partial charge in [0.1, 0.15) is 11.4 Å². The Hall–Kier alpha value is -2.11. The molecule has 7 heteroatoms. The molecule has 0 aliphatic carbocycles. The van der Waals surface area contributed by atoms with Crippen LogP contribution >= 0.6 is 23.2 Å². The molecule has 0 heterocycles. The van der Waals surface area contributed by atoms with E-state index in [1.165, 1.54) is 30.3 Å². The molecule has 4 nitrogen and oxygen atoms in total. The third-order valence-corrected chi connectivity index (χ3v) is 3.27. The normalized spacial score (nSPS) is 10.2. The van der Waals surface area contributed by atoms with Crippen LogP contribution in [0.3, 0.4) is 0 Å². The van der Waals surface area contributed by atoms with E-state index < -0.39 is 17.7 Å². The smallest absolute Gasteiger partial charge is 0.339 e. The molecule has 0 aliphatic heterocycles. The first-order valence-electron chi connectivity index (χ1n) is 5.68. The van der Waals surface area contributed by atoms with E-state index in [0.29, 0.717) is 0 Å². The zero-order chi connectivity index (χ0) is 15.6. The average molecular weight is 328 g/mol. The molecule has 0 saturated heterocycles. The molecule has 0 radical (unpaired) electrons. The lowest BCUT2D eigenvalue weighted by Gasteiger charge is -2.11. The molecule has 2 rings (SSSR count). The van der Waals surface area contributed by atoms with Gasteiger partial charge >= 0.3 is 5.97 Å². The Morgan fingerprint density at radius 1 is 1.10 bits per heavy atom. The minimum absolute atomic E-state index is 0.0153. The number of carboxylic acid groups (broad SMARTS) is 1. The maximum Gasteiger partial charge on any atom is 0.339 e. The van der Waals surface area contributed by atoms with Gasteiger partial charge in [-0.25, -0.2) is 9.18 Å². The molecule has 0 spiro atoms. The number of carbonyl (C=O) groups excluding carboxylic acids is 1. The standard InChI is InChI=1S/C14H8Cl2FNO3/c15-9-4-5-10(16)12(11(9)14(20)21)18-13(19)7-2-1-3-8(17)6-7/h1-6H,(H,18,19)(H,20,21).